The van der Waals surface area contributed by atoms with Crippen LogP contribution in [0.1, 0.15) is 106 Å². The summed E-state index contributed by atoms with van der Waals surface area (Å²) in [5.41, 5.74) is 1.55. The van der Waals surface area contributed by atoms with Crippen LogP contribution >= 0.6 is 7.82 Å². The van der Waals surface area contributed by atoms with Gasteiger partial charge in [0.2, 0.25) is 5.88 Å². The third-order valence-electron chi connectivity index (χ3n) is 17.7. The first kappa shape index (κ1) is 52.8. The zero-order valence-electron chi connectivity index (χ0n) is 43.6. The summed E-state index contributed by atoms with van der Waals surface area (Å²) < 4.78 is 87.9. The molecule has 416 valence electrons. The molecule has 7 heterocycles. The molecule has 5 atom stereocenters. The number of alkyl halides is 1. The van der Waals surface area contributed by atoms with Crippen molar-refractivity contribution in [2.45, 2.75) is 138 Å². The van der Waals surface area contributed by atoms with Gasteiger partial charge < -0.3 is 48.8 Å². The number of aromatic nitrogens is 2. The number of ether oxygens (including phenoxy) is 4. The number of sulfonamides is 1. The van der Waals surface area contributed by atoms with Crippen molar-refractivity contribution in [1.29, 1.82) is 0 Å². The lowest BCUT2D eigenvalue weighted by Crippen LogP contribution is -2.55. The molecule has 7 aliphatic rings. The molecule has 5 aromatic rings. The quantitative estimate of drug-likeness (QED) is 0.0320. The van der Waals surface area contributed by atoms with E-state index >= 15 is 4.39 Å². The maximum absolute atomic E-state index is 16.8. The van der Waals surface area contributed by atoms with E-state index in [9.17, 15) is 37.7 Å². The van der Waals surface area contributed by atoms with Gasteiger partial charge in [0, 0.05) is 54.6 Å². The van der Waals surface area contributed by atoms with Gasteiger partial charge in [0.15, 0.2) is 17.7 Å². The number of nitrogens with one attached hydrogen (secondary N) is 3. The van der Waals surface area contributed by atoms with Crippen molar-refractivity contribution in [3.05, 3.63) is 99.7 Å². The van der Waals surface area contributed by atoms with Crippen molar-refractivity contribution >= 4 is 63.2 Å². The first-order valence-electron chi connectivity index (χ1n) is 26.8. The number of nitro groups is 1. The monoisotopic (exact) mass is 1110 g/mol. The highest BCUT2D eigenvalue weighted by atomic mass is 32.2. The number of anilines is 4. The molecule has 1 amide bonds. The second-order valence-electron chi connectivity index (χ2n) is 22.6. The molecule has 2 saturated carbocycles. The Morgan fingerprint density at radius 1 is 1.00 bits per heavy atom. The molecule has 2 aromatic heterocycles. The highest BCUT2D eigenvalue weighted by molar-refractivity contribution is 7.90. The molecule has 3 aromatic carbocycles. The molecule has 0 radical (unpaired) electrons. The summed E-state index contributed by atoms with van der Waals surface area (Å²) in [6.07, 6.45) is 6.74. The number of carbonyl (C=O) groups is 1. The van der Waals surface area contributed by atoms with Crippen molar-refractivity contribution in [2.75, 3.05) is 54.6 Å². The first-order valence-corrected chi connectivity index (χ1v) is 29.8. The lowest BCUT2D eigenvalue weighted by atomic mass is 9.59. The first-order chi connectivity index (χ1) is 37.2. The molecule has 5 N–H and O–H groups in total. The van der Waals surface area contributed by atoms with Crippen LogP contribution in [0.15, 0.2) is 77.8 Å². The van der Waals surface area contributed by atoms with E-state index in [1.807, 2.05) is 29.2 Å². The standard InChI is InChI=1S/C54H64FN8O13PS/c1-32-7-4-5-8-38(32)40-9-6-20-61(40)36-27-53(28-36)17-21-60(22-18-53)35-10-11-39(41(24-35)62-43-23-34-12-19-56-49(34)58-51(43)74-46-30-72-29-44(46)62)50(64)59-78(70,71)37-25-42(63(65)66)48-45(26-37)73-31-47(57-48)54(55)15-13-52(3,14-16-54)75-33(2)76-77(67,68)69/h4-5,7-8,10-12,19,23-26,33,36,40,44,46-47,57H,6,9,13-18,20-22,27-31H2,1-3H3,(H,56,58)(H,59,64)(H2,67,68,69)/t33?,40-,44+,46+,47-,52?,54?/m0/s1. The second-order valence-corrected chi connectivity index (χ2v) is 25.5. The Bertz CT molecular complexity index is 3340. The number of nitro benzene ring substituents is 1. The number of phosphoric ester groups is 1. The highest BCUT2D eigenvalue weighted by Gasteiger charge is 2.52. The summed E-state index contributed by atoms with van der Waals surface area (Å²) in [6.45, 7) is 8.09. The molecule has 1 unspecified atom stereocenters. The summed E-state index contributed by atoms with van der Waals surface area (Å²) in [6, 6.07) is 19.3. The fourth-order valence-corrected chi connectivity index (χ4v) is 14.9. The fraction of sp³-hybridized carbons (Fsp3) is 0.519. The molecule has 12 rings (SSSR count). The van der Waals surface area contributed by atoms with Gasteiger partial charge in [-0.15, -0.1) is 0 Å². The number of piperidine rings is 1. The van der Waals surface area contributed by atoms with Crippen LogP contribution in [0.25, 0.3) is 11.0 Å². The second kappa shape index (κ2) is 19.7. The van der Waals surface area contributed by atoms with Crippen LogP contribution in [0.2, 0.25) is 0 Å². The molecule has 3 saturated heterocycles. The number of hydrogen-bond donors (Lipinski definition) is 5. The van der Waals surface area contributed by atoms with Gasteiger partial charge in [-0.25, -0.2) is 22.1 Å². The van der Waals surface area contributed by atoms with E-state index in [-0.39, 0.29) is 67.9 Å². The lowest BCUT2D eigenvalue weighted by molar-refractivity contribution is -0.384. The zero-order chi connectivity index (χ0) is 54.5. The number of hydrogen-bond acceptors (Lipinski definition) is 16. The molecule has 24 heteroatoms. The number of rotatable bonds is 13. The van der Waals surface area contributed by atoms with E-state index in [4.69, 9.17) is 23.9 Å². The molecule has 0 bridgehead atoms. The summed E-state index contributed by atoms with van der Waals surface area (Å²) in [5, 5.41) is 16.4. The maximum atomic E-state index is 16.8. The number of phosphoric acid groups is 1. The highest BCUT2D eigenvalue weighted by Crippen LogP contribution is 2.55. The van der Waals surface area contributed by atoms with Gasteiger partial charge >= 0.3 is 7.82 Å². The van der Waals surface area contributed by atoms with Gasteiger partial charge in [-0.2, -0.15) is 4.98 Å². The van der Waals surface area contributed by atoms with Gasteiger partial charge in [0.05, 0.1) is 52.0 Å². The average Bonchev–Trinajstić information content (AvgIpc) is 4.27. The number of pyridine rings is 1. The minimum Gasteiger partial charge on any atom is -0.489 e. The third-order valence-corrected chi connectivity index (χ3v) is 19.6. The Hall–Kier alpha value is -5.91. The summed E-state index contributed by atoms with van der Waals surface area (Å²) in [7, 11) is -9.70. The summed E-state index contributed by atoms with van der Waals surface area (Å²) in [5.74, 6) is -0.899. The smallest absolute Gasteiger partial charge is 0.471 e. The average molecular weight is 1120 g/mol. The number of aryl methyl sites for hydroxylation is 1. The number of amides is 1. The molecule has 21 nitrogen and oxygen atoms in total. The van der Waals surface area contributed by atoms with E-state index in [0.29, 0.717) is 35.0 Å². The number of likely N-dealkylation sites (tertiary alicyclic amines) is 1. The van der Waals surface area contributed by atoms with E-state index in [1.165, 1.54) is 30.9 Å². The Kier molecular flexibility index (Phi) is 13.3. The van der Waals surface area contributed by atoms with Crippen molar-refractivity contribution in [2.24, 2.45) is 5.41 Å². The Morgan fingerprint density at radius 3 is 2.51 bits per heavy atom. The molecular formula is C54H64FN8O13PS. The van der Waals surface area contributed by atoms with Gasteiger partial charge in [0.1, 0.15) is 29.7 Å². The molecule has 5 aliphatic heterocycles. The predicted octanol–water partition coefficient (Wildman–Crippen LogP) is 8.47. The van der Waals surface area contributed by atoms with Crippen molar-refractivity contribution in [1.82, 2.24) is 19.6 Å². The molecule has 1 spiro atoms. The van der Waals surface area contributed by atoms with Crippen molar-refractivity contribution in [3.8, 4) is 11.6 Å². The van der Waals surface area contributed by atoms with E-state index in [1.54, 1.807) is 19.2 Å². The van der Waals surface area contributed by atoms with Crippen LogP contribution in [0.3, 0.4) is 0 Å². The number of halogens is 1. The molecular weight excluding hydrogens is 1050 g/mol. The number of aromatic amines is 1. The zero-order valence-corrected chi connectivity index (χ0v) is 45.3. The number of benzene rings is 3. The van der Waals surface area contributed by atoms with E-state index < -0.39 is 75.0 Å². The van der Waals surface area contributed by atoms with Crippen LogP contribution in [-0.2, 0) is 28.6 Å². The maximum Gasteiger partial charge on any atom is 0.471 e. The Balaban J connectivity index is 0.798. The number of fused-ring (bicyclic) bond motifs is 4. The predicted molar refractivity (Wildman–Crippen MR) is 286 cm³/mol. The van der Waals surface area contributed by atoms with Gasteiger partial charge in [0.25, 0.3) is 21.6 Å². The minimum atomic E-state index is -4.85. The number of nitrogens with zero attached hydrogens (tertiary/aromatic N) is 5. The SMILES string of the molecule is Cc1ccccc1[C@@H]1CCCN1C1CC2(CCN(c3ccc(C(=O)NS(=O)(=O)c4cc5c(c([N+](=O)[O-])c4)N[C@H](C4(F)CCC(C)(OC(C)OP(=O)(O)O)CC4)CO5)c(N4c5cc6cc[nH]c6nc5O[C@@H]5COC[C@H]54)c3)CC2)C1. The van der Waals surface area contributed by atoms with Crippen molar-refractivity contribution in [3.63, 3.8) is 0 Å². The summed E-state index contributed by atoms with van der Waals surface area (Å²) >= 11 is 0. The molecule has 78 heavy (non-hydrogen) atoms. The molecule has 5 fully saturated rings. The van der Waals surface area contributed by atoms with Crippen LogP contribution in [-0.4, -0.2) is 125 Å². The Morgan fingerprint density at radius 2 is 1.77 bits per heavy atom. The topological polar surface area (TPSA) is 260 Å². The van der Waals surface area contributed by atoms with Gasteiger partial charge in [-0.3, -0.25) is 24.3 Å². The van der Waals surface area contributed by atoms with Crippen LogP contribution in [0.4, 0.5) is 32.8 Å². The normalized spacial score (nSPS) is 27.5. The van der Waals surface area contributed by atoms with E-state index in [2.05, 4.69) is 60.5 Å². The number of H-pyrrole nitrogens is 1. The minimum absolute atomic E-state index is 0.0124. The summed E-state index contributed by atoms with van der Waals surface area (Å²) in [4.78, 5) is 59.4. The largest absolute Gasteiger partial charge is 0.489 e. The van der Waals surface area contributed by atoms with Crippen molar-refractivity contribution < 1.29 is 60.3 Å². The lowest BCUT2D eigenvalue weighted by Gasteiger charge is -2.56. The Labute approximate surface area is 450 Å². The van der Waals surface area contributed by atoms with Crippen LogP contribution in [0, 0.1) is 22.5 Å². The van der Waals surface area contributed by atoms with Gasteiger partial charge in [-0.05, 0) is 138 Å². The van der Waals surface area contributed by atoms with Crippen LogP contribution < -0.4 is 29.3 Å². The fourth-order valence-electron chi connectivity index (χ4n) is 13.5. The van der Waals surface area contributed by atoms with Gasteiger partial charge in [-0.1, -0.05) is 24.3 Å². The number of carbonyl (C=O) groups excluding carboxylic acids is 1. The molecule has 2 aliphatic carbocycles. The van der Waals surface area contributed by atoms with E-state index in [0.717, 1.165) is 68.5 Å². The third kappa shape index (κ3) is 9.87. The van der Waals surface area contributed by atoms with Crippen LogP contribution in [0.5, 0.6) is 11.6 Å².